The molecule has 0 unspecified atom stereocenters. The van der Waals surface area contributed by atoms with Crippen molar-refractivity contribution in [2.45, 2.75) is 75.1 Å². The van der Waals surface area contributed by atoms with Gasteiger partial charge >= 0.3 is 5.97 Å². The first-order valence-corrected chi connectivity index (χ1v) is 13.4. The predicted molar refractivity (Wildman–Crippen MR) is 128 cm³/mol. The monoisotopic (exact) mass is 484 g/mol. The molecule has 0 bridgehead atoms. The van der Waals surface area contributed by atoms with E-state index in [1.807, 2.05) is 29.6 Å². The Hall–Kier alpha value is -0.690. The minimum absolute atomic E-state index is 0.0572. The molecule has 1 aromatic rings. The Balaban J connectivity index is 1.68. The van der Waals surface area contributed by atoms with E-state index >= 15 is 0 Å². The maximum absolute atomic E-state index is 14.4. The first-order valence-electron chi connectivity index (χ1n) is 11.0. The Morgan fingerprint density at radius 2 is 2.03 bits per heavy atom. The third kappa shape index (κ3) is 5.29. The summed E-state index contributed by atoms with van der Waals surface area (Å²) in [6.07, 6.45) is 4.31. The van der Waals surface area contributed by atoms with E-state index in [1.54, 1.807) is 12.1 Å². The van der Waals surface area contributed by atoms with E-state index in [4.69, 9.17) is 16.3 Å². The van der Waals surface area contributed by atoms with E-state index in [1.165, 1.54) is 17.6 Å². The molecule has 2 atom stereocenters. The lowest BCUT2D eigenvalue weighted by Gasteiger charge is -2.48. The first kappa shape index (κ1) is 23.5. The highest BCUT2D eigenvalue weighted by atomic mass is 35.5. The van der Waals surface area contributed by atoms with Crippen molar-refractivity contribution in [2.75, 3.05) is 11.5 Å². The van der Waals surface area contributed by atoms with Crippen molar-refractivity contribution in [3.63, 3.8) is 0 Å². The Morgan fingerprint density at radius 3 is 2.71 bits per heavy atom. The molecule has 4 rings (SSSR count). The van der Waals surface area contributed by atoms with Crippen molar-refractivity contribution >= 4 is 46.7 Å². The number of thioether (sulfide) groups is 2. The van der Waals surface area contributed by atoms with Crippen LogP contribution in [0, 0.1) is 11.2 Å². The average molecular weight is 485 g/mol. The molecule has 31 heavy (non-hydrogen) atoms. The molecule has 3 aliphatic rings. The number of ether oxygens (including phenoxy) is 1. The smallest absolute Gasteiger partial charge is 0.308 e. The minimum Gasteiger partial charge on any atom is -0.462 e. The molecule has 1 aromatic carbocycles. The maximum Gasteiger partial charge on any atom is 0.308 e. The number of benzene rings is 1. The highest BCUT2D eigenvalue weighted by Gasteiger charge is 2.46. The van der Waals surface area contributed by atoms with E-state index in [0.29, 0.717) is 12.8 Å². The average Bonchev–Trinajstić information content (AvgIpc) is 2.68. The van der Waals surface area contributed by atoms with E-state index in [9.17, 15) is 14.3 Å². The van der Waals surface area contributed by atoms with Crippen LogP contribution < -0.4 is 0 Å². The van der Waals surface area contributed by atoms with Gasteiger partial charge in [-0.15, -0.1) is 23.5 Å². The van der Waals surface area contributed by atoms with Crippen molar-refractivity contribution in [3.05, 3.63) is 40.2 Å². The normalized spacial score (nSPS) is 28.0. The number of allylic oxidation sites excluding steroid dienone is 2. The van der Waals surface area contributed by atoms with E-state index in [-0.39, 0.29) is 33.0 Å². The largest absolute Gasteiger partial charge is 0.462 e. The van der Waals surface area contributed by atoms with Crippen molar-refractivity contribution in [3.8, 4) is 0 Å². The van der Waals surface area contributed by atoms with Gasteiger partial charge in [-0.25, -0.2) is 4.39 Å². The number of carbonyl (C=O) groups is 1. The van der Waals surface area contributed by atoms with E-state index < -0.39 is 11.9 Å². The number of carbonyl (C=O) groups excluding carboxylic acids is 1. The molecule has 1 aliphatic carbocycles. The molecular weight excluding hydrogens is 455 g/mol. The quantitative estimate of drug-likeness (QED) is 0.496. The van der Waals surface area contributed by atoms with Crippen LogP contribution in [0.4, 0.5) is 4.39 Å². The zero-order valence-electron chi connectivity index (χ0n) is 18.1. The lowest BCUT2D eigenvalue weighted by atomic mass is 9.68. The van der Waals surface area contributed by atoms with Crippen LogP contribution in [0.1, 0.15) is 64.4 Å². The fraction of sp³-hybridized carbons (Fsp3) is 0.625. The van der Waals surface area contributed by atoms with E-state index in [2.05, 4.69) is 13.8 Å². The Bertz CT molecular complexity index is 880. The van der Waals surface area contributed by atoms with Gasteiger partial charge in [0.05, 0.1) is 21.6 Å². The van der Waals surface area contributed by atoms with Crippen LogP contribution >= 0.6 is 35.1 Å². The third-order valence-corrected chi connectivity index (χ3v) is 10.2. The molecule has 0 aromatic heterocycles. The van der Waals surface area contributed by atoms with Gasteiger partial charge in [-0.1, -0.05) is 37.1 Å². The fourth-order valence-corrected chi connectivity index (χ4v) is 9.11. The zero-order valence-corrected chi connectivity index (χ0v) is 20.5. The van der Waals surface area contributed by atoms with Crippen LogP contribution in [0.15, 0.2) is 23.8 Å². The molecule has 7 heteroatoms. The van der Waals surface area contributed by atoms with Crippen molar-refractivity contribution < 1.29 is 19.0 Å². The summed E-state index contributed by atoms with van der Waals surface area (Å²) in [6, 6.07) is 5.14. The van der Waals surface area contributed by atoms with Gasteiger partial charge in [0, 0.05) is 6.42 Å². The lowest BCUT2D eigenvalue weighted by molar-refractivity contribution is -0.160. The lowest BCUT2D eigenvalue weighted by Crippen LogP contribution is -2.38. The summed E-state index contributed by atoms with van der Waals surface area (Å²) in [5.41, 5.74) is 3.36. The van der Waals surface area contributed by atoms with Crippen LogP contribution in [0.25, 0.3) is 5.57 Å². The molecule has 2 aliphatic heterocycles. The van der Waals surface area contributed by atoms with Gasteiger partial charge in [-0.2, -0.15) is 0 Å². The summed E-state index contributed by atoms with van der Waals surface area (Å²) in [4.78, 5) is 11.8. The van der Waals surface area contributed by atoms with Gasteiger partial charge in [-0.05, 0) is 72.3 Å². The Morgan fingerprint density at radius 1 is 1.29 bits per heavy atom. The number of hydrogen-bond donors (Lipinski definition) is 1. The van der Waals surface area contributed by atoms with Gasteiger partial charge in [0.25, 0.3) is 0 Å². The number of hydrogen-bond acceptors (Lipinski definition) is 5. The van der Waals surface area contributed by atoms with Crippen molar-refractivity contribution in [2.24, 2.45) is 5.41 Å². The molecule has 0 radical (unpaired) electrons. The highest BCUT2D eigenvalue weighted by molar-refractivity contribution is 8.18. The molecule has 2 heterocycles. The summed E-state index contributed by atoms with van der Waals surface area (Å²) >= 11 is 10.1. The van der Waals surface area contributed by atoms with Gasteiger partial charge in [0.2, 0.25) is 0 Å². The number of aliphatic hydroxyl groups is 1. The van der Waals surface area contributed by atoms with Crippen LogP contribution in [0.5, 0.6) is 0 Å². The number of rotatable bonds is 4. The molecule has 0 saturated carbocycles. The second-order valence-electron chi connectivity index (χ2n) is 9.53. The van der Waals surface area contributed by atoms with Gasteiger partial charge in [-0.3, -0.25) is 4.79 Å². The van der Waals surface area contributed by atoms with E-state index in [0.717, 1.165) is 36.3 Å². The van der Waals surface area contributed by atoms with Crippen molar-refractivity contribution in [1.29, 1.82) is 0 Å². The summed E-state index contributed by atoms with van der Waals surface area (Å²) in [6.45, 7) is 4.57. The number of aliphatic hydroxyl groups excluding tert-OH is 1. The number of halogens is 2. The zero-order chi connectivity index (χ0) is 22.2. The maximum atomic E-state index is 14.4. The number of cyclic esters (lactones) is 1. The fourth-order valence-electron chi connectivity index (χ4n) is 5.24. The SMILES string of the molecule is CC1(C)CC2(CC(c3ccc(Cl)c(F)c3)=C1CC[C@H]1C[C@H](O)CC(=O)O1)SCCCS2. The van der Waals surface area contributed by atoms with Crippen LogP contribution in [-0.4, -0.2) is 38.9 Å². The van der Waals surface area contributed by atoms with Gasteiger partial charge in [0.1, 0.15) is 11.9 Å². The first-order chi connectivity index (χ1) is 14.7. The molecule has 2 fully saturated rings. The molecule has 1 N–H and O–H groups in total. The van der Waals surface area contributed by atoms with Crippen molar-refractivity contribution in [1.82, 2.24) is 0 Å². The summed E-state index contributed by atoms with van der Waals surface area (Å²) in [5.74, 6) is 1.61. The molecule has 3 nitrogen and oxygen atoms in total. The van der Waals surface area contributed by atoms with Crippen LogP contribution in [-0.2, 0) is 9.53 Å². The predicted octanol–water partition coefficient (Wildman–Crippen LogP) is 6.47. The van der Waals surface area contributed by atoms with Gasteiger partial charge < -0.3 is 9.84 Å². The van der Waals surface area contributed by atoms with Crippen LogP contribution in [0.3, 0.4) is 0 Å². The standard InChI is InChI=1S/C24H30ClFO3S2/c1-23(2)14-24(30-8-3-9-31-24)13-18(15-4-7-20(25)21(26)10-15)19(23)6-5-17-11-16(27)12-22(28)29-17/h4,7,10,16-17,27H,3,5-6,8-9,11-14H2,1-2H3/t16-,17-/m0/s1. The highest BCUT2D eigenvalue weighted by Crippen LogP contribution is 2.60. The topological polar surface area (TPSA) is 46.5 Å². The summed E-state index contributed by atoms with van der Waals surface area (Å²) in [5, 5.41) is 10.1. The molecular formula is C24H30ClFO3S2. The minimum atomic E-state index is -0.622. The second kappa shape index (κ2) is 9.28. The molecule has 170 valence electrons. The molecule has 2 saturated heterocycles. The Kier molecular flexibility index (Phi) is 7.03. The molecule has 0 amide bonds. The molecule has 1 spiro atoms. The Labute approximate surface area is 197 Å². The summed E-state index contributed by atoms with van der Waals surface area (Å²) in [7, 11) is 0. The second-order valence-corrected chi connectivity index (χ2v) is 13.2. The number of esters is 1. The third-order valence-electron chi connectivity index (χ3n) is 6.58. The van der Waals surface area contributed by atoms with Gasteiger partial charge in [0.15, 0.2) is 0 Å². The summed E-state index contributed by atoms with van der Waals surface area (Å²) < 4.78 is 20.0. The van der Waals surface area contributed by atoms with Crippen LogP contribution in [0.2, 0.25) is 5.02 Å².